The third-order valence-corrected chi connectivity index (χ3v) is 3.50. The van der Waals surface area contributed by atoms with Crippen LogP contribution in [-0.4, -0.2) is 42.5 Å². The molecular weight excluding hydrogens is 292 g/mol. The van der Waals surface area contributed by atoms with Crippen molar-refractivity contribution in [1.29, 1.82) is 0 Å². The Morgan fingerprint density at radius 1 is 1.33 bits per heavy atom. The van der Waals surface area contributed by atoms with Crippen molar-refractivity contribution in [2.75, 3.05) is 20.7 Å². The largest absolute Gasteiger partial charge is 0.469 e. The van der Waals surface area contributed by atoms with Gasteiger partial charge in [0.05, 0.1) is 7.11 Å². The van der Waals surface area contributed by atoms with Crippen molar-refractivity contribution in [3.63, 3.8) is 0 Å². The number of fused-ring (bicyclic) bond motifs is 1. The van der Waals surface area contributed by atoms with Gasteiger partial charge in [-0.2, -0.15) is 0 Å². The molecule has 21 heavy (non-hydrogen) atoms. The summed E-state index contributed by atoms with van der Waals surface area (Å²) in [6, 6.07) is 7.20. The predicted molar refractivity (Wildman–Crippen MR) is 81.5 cm³/mol. The second kappa shape index (κ2) is 6.63. The lowest BCUT2D eigenvalue weighted by Gasteiger charge is -2.15. The van der Waals surface area contributed by atoms with Crippen molar-refractivity contribution in [3.05, 3.63) is 35.0 Å². The lowest BCUT2D eigenvalue weighted by atomic mass is 10.2. The monoisotopic (exact) mass is 308 g/mol. The van der Waals surface area contributed by atoms with E-state index in [-0.39, 0.29) is 11.9 Å². The van der Waals surface area contributed by atoms with Gasteiger partial charge in [-0.05, 0) is 30.7 Å². The van der Waals surface area contributed by atoms with Gasteiger partial charge in [-0.15, -0.1) is 0 Å². The zero-order chi connectivity index (χ0) is 15.4. The van der Waals surface area contributed by atoms with Gasteiger partial charge in [-0.25, -0.2) is 0 Å². The summed E-state index contributed by atoms with van der Waals surface area (Å²) in [7, 11) is 3.06. The molecular formula is C15H17ClN2O3. The van der Waals surface area contributed by atoms with Gasteiger partial charge in [0, 0.05) is 35.9 Å². The van der Waals surface area contributed by atoms with Gasteiger partial charge in [-0.1, -0.05) is 11.6 Å². The summed E-state index contributed by atoms with van der Waals surface area (Å²) in [6.45, 7) is 0.490. The zero-order valence-electron chi connectivity index (χ0n) is 12.0. The van der Waals surface area contributed by atoms with Crippen LogP contribution in [-0.2, 0) is 9.53 Å². The molecule has 1 heterocycles. The predicted octanol–water partition coefficient (Wildman–Crippen LogP) is 2.85. The number of hydrogen-bond acceptors (Lipinski definition) is 3. The van der Waals surface area contributed by atoms with Gasteiger partial charge in [0.25, 0.3) is 5.91 Å². The summed E-state index contributed by atoms with van der Waals surface area (Å²) in [6.07, 6.45) is 0.872. The fourth-order valence-corrected chi connectivity index (χ4v) is 2.27. The summed E-state index contributed by atoms with van der Waals surface area (Å²) in [5.74, 6) is -0.386. The first-order valence-corrected chi connectivity index (χ1v) is 6.99. The van der Waals surface area contributed by atoms with E-state index in [1.807, 2.05) is 6.07 Å². The van der Waals surface area contributed by atoms with Crippen molar-refractivity contribution in [2.45, 2.75) is 12.8 Å². The molecule has 2 aromatic rings. The summed E-state index contributed by atoms with van der Waals surface area (Å²) < 4.78 is 4.57. The highest BCUT2D eigenvalue weighted by atomic mass is 35.5. The zero-order valence-corrected chi connectivity index (χ0v) is 12.7. The minimum Gasteiger partial charge on any atom is -0.469 e. The van der Waals surface area contributed by atoms with E-state index < -0.39 is 0 Å². The molecule has 0 atom stereocenters. The second-order valence-electron chi connectivity index (χ2n) is 4.82. The smallest absolute Gasteiger partial charge is 0.305 e. The van der Waals surface area contributed by atoms with Crippen molar-refractivity contribution >= 4 is 34.4 Å². The standard InChI is InChI=1S/C15H17ClN2O3/c1-18(7-3-4-14(19)21-2)15(20)13-9-10-8-11(16)5-6-12(10)17-13/h5-6,8-9,17H,3-4,7H2,1-2H3. The molecule has 112 valence electrons. The Balaban J connectivity index is 2.02. The Labute approximate surface area is 127 Å². The molecule has 1 N–H and O–H groups in total. The summed E-state index contributed by atoms with van der Waals surface area (Å²) in [5.41, 5.74) is 1.37. The van der Waals surface area contributed by atoms with Crippen LogP contribution in [0.15, 0.2) is 24.3 Å². The molecule has 0 radical (unpaired) electrons. The van der Waals surface area contributed by atoms with Crippen LogP contribution in [0.5, 0.6) is 0 Å². The highest BCUT2D eigenvalue weighted by molar-refractivity contribution is 6.31. The van der Waals surface area contributed by atoms with Crippen molar-refractivity contribution in [3.8, 4) is 0 Å². The van der Waals surface area contributed by atoms with Gasteiger partial charge in [-0.3, -0.25) is 9.59 Å². The maximum Gasteiger partial charge on any atom is 0.305 e. The van der Waals surface area contributed by atoms with E-state index in [1.54, 1.807) is 30.1 Å². The lowest BCUT2D eigenvalue weighted by molar-refractivity contribution is -0.140. The molecule has 0 bridgehead atoms. The van der Waals surface area contributed by atoms with E-state index in [4.69, 9.17) is 11.6 Å². The molecule has 0 aliphatic heterocycles. The fourth-order valence-electron chi connectivity index (χ4n) is 2.09. The molecule has 1 aromatic carbocycles. The molecule has 0 unspecified atom stereocenters. The number of hydrogen-bond donors (Lipinski definition) is 1. The van der Waals surface area contributed by atoms with Crippen LogP contribution in [0.1, 0.15) is 23.3 Å². The number of aromatic nitrogens is 1. The minimum atomic E-state index is -0.267. The third kappa shape index (κ3) is 3.76. The van der Waals surface area contributed by atoms with E-state index in [0.29, 0.717) is 30.1 Å². The number of benzene rings is 1. The molecule has 0 spiro atoms. The molecule has 0 fully saturated rings. The van der Waals surface area contributed by atoms with Crippen LogP contribution in [0.2, 0.25) is 5.02 Å². The van der Waals surface area contributed by atoms with Crippen LogP contribution in [0.25, 0.3) is 10.9 Å². The summed E-state index contributed by atoms with van der Waals surface area (Å²) >= 11 is 5.93. The number of H-pyrrole nitrogens is 1. The molecule has 1 aromatic heterocycles. The number of esters is 1. The summed E-state index contributed by atoms with van der Waals surface area (Å²) in [5, 5.41) is 1.53. The number of halogens is 1. The highest BCUT2D eigenvalue weighted by Gasteiger charge is 2.14. The first-order chi connectivity index (χ1) is 10.0. The number of carbonyl (C=O) groups is 2. The van der Waals surface area contributed by atoms with Crippen molar-refractivity contribution in [2.24, 2.45) is 0 Å². The van der Waals surface area contributed by atoms with Gasteiger partial charge in [0.15, 0.2) is 0 Å². The maximum atomic E-state index is 12.3. The van der Waals surface area contributed by atoms with Gasteiger partial charge in [0.2, 0.25) is 0 Å². The molecule has 6 heteroatoms. The fraction of sp³-hybridized carbons (Fsp3) is 0.333. The number of rotatable bonds is 5. The number of methoxy groups -OCH3 is 1. The number of aromatic amines is 1. The Morgan fingerprint density at radius 3 is 2.81 bits per heavy atom. The first kappa shape index (κ1) is 15.4. The molecule has 5 nitrogen and oxygen atoms in total. The molecule has 0 aliphatic carbocycles. The van der Waals surface area contributed by atoms with E-state index in [1.165, 1.54) is 7.11 Å². The highest BCUT2D eigenvalue weighted by Crippen LogP contribution is 2.20. The molecule has 2 rings (SSSR count). The van der Waals surface area contributed by atoms with Crippen LogP contribution < -0.4 is 0 Å². The molecule has 0 saturated carbocycles. The number of amides is 1. The minimum absolute atomic E-state index is 0.118. The maximum absolute atomic E-state index is 12.3. The van der Waals surface area contributed by atoms with E-state index in [0.717, 1.165) is 10.9 Å². The number of nitrogens with zero attached hydrogens (tertiary/aromatic N) is 1. The lowest BCUT2D eigenvalue weighted by Crippen LogP contribution is -2.28. The van der Waals surface area contributed by atoms with Crippen molar-refractivity contribution in [1.82, 2.24) is 9.88 Å². The SMILES string of the molecule is COC(=O)CCCN(C)C(=O)c1cc2cc(Cl)ccc2[nH]1. The van der Waals surface area contributed by atoms with Gasteiger partial charge < -0.3 is 14.6 Å². The second-order valence-corrected chi connectivity index (χ2v) is 5.26. The Kier molecular flexibility index (Phi) is 4.85. The topological polar surface area (TPSA) is 62.4 Å². The average molecular weight is 309 g/mol. The number of carbonyl (C=O) groups excluding carboxylic acids is 2. The van der Waals surface area contributed by atoms with E-state index >= 15 is 0 Å². The number of ether oxygens (including phenoxy) is 1. The third-order valence-electron chi connectivity index (χ3n) is 3.26. The van der Waals surface area contributed by atoms with Crippen LogP contribution in [0.3, 0.4) is 0 Å². The Bertz CT molecular complexity index is 666. The molecule has 1 amide bonds. The number of nitrogens with one attached hydrogen (secondary N) is 1. The molecule has 0 aliphatic rings. The Hall–Kier alpha value is -2.01. The normalized spacial score (nSPS) is 10.6. The van der Waals surface area contributed by atoms with E-state index in [9.17, 15) is 9.59 Å². The molecule has 0 saturated heterocycles. The van der Waals surface area contributed by atoms with Crippen LogP contribution >= 0.6 is 11.6 Å². The quantitative estimate of drug-likeness (QED) is 0.864. The van der Waals surface area contributed by atoms with E-state index in [2.05, 4.69) is 9.72 Å². The van der Waals surface area contributed by atoms with Crippen molar-refractivity contribution < 1.29 is 14.3 Å². The average Bonchev–Trinajstić information content (AvgIpc) is 2.88. The van der Waals surface area contributed by atoms with Crippen LogP contribution in [0.4, 0.5) is 0 Å². The summed E-state index contributed by atoms with van der Waals surface area (Å²) in [4.78, 5) is 28.0. The first-order valence-electron chi connectivity index (χ1n) is 6.62. The Morgan fingerprint density at radius 2 is 2.10 bits per heavy atom. The van der Waals surface area contributed by atoms with Gasteiger partial charge in [0.1, 0.15) is 5.69 Å². The van der Waals surface area contributed by atoms with Crippen LogP contribution in [0, 0.1) is 0 Å². The van der Waals surface area contributed by atoms with Gasteiger partial charge >= 0.3 is 5.97 Å².